The van der Waals surface area contributed by atoms with Gasteiger partial charge in [0.05, 0.1) is 11.9 Å². The molecule has 2 aromatic rings. The van der Waals surface area contributed by atoms with Gasteiger partial charge in [0.2, 0.25) is 5.91 Å². The van der Waals surface area contributed by atoms with E-state index in [0.29, 0.717) is 31.1 Å². The third kappa shape index (κ3) is 8.28. The number of amides is 4. The second kappa shape index (κ2) is 12.3. The van der Waals surface area contributed by atoms with Crippen molar-refractivity contribution in [1.29, 1.82) is 0 Å². The Hall–Kier alpha value is -3.95. The molecule has 220 valence electrons. The van der Waals surface area contributed by atoms with E-state index in [0.717, 1.165) is 31.2 Å². The zero-order valence-corrected chi connectivity index (χ0v) is 24.6. The summed E-state index contributed by atoms with van der Waals surface area (Å²) in [7, 11) is 0. The normalized spacial score (nSPS) is 19.3. The molecule has 5 rings (SSSR count). The zero-order valence-electron chi connectivity index (χ0n) is 24.6. The number of carbonyl (C=O) groups excluding carboxylic acids is 4. The highest BCUT2D eigenvalue weighted by atomic mass is 16.6. The second-order valence-electron chi connectivity index (χ2n) is 12.3. The van der Waals surface area contributed by atoms with Gasteiger partial charge in [-0.05, 0) is 65.4 Å². The minimum atomic E-state index is -0.748. The van der Waals surface area contributed by atoms with E-state index in [4.69, 9.17) is 4.74 Å². The first-order chi connectivity index (χ1) is 19.4. The molecule has 2 N–H and O–H groups in total. The number of benzene rings is 1. The average molecular weight is 564 g/mol. The Balaban J connectivity index is 0.000000572. The summed E-state index contributed by atoms with van der Waals surface area (Å²) in [6.45, 7) is 10.3. The van der Waals surface area contributed by atoms with E-state index in [-0.39, 0.29) is 23.3 Å². The lowest BCUT2D eigenvalue weighted by molar-refractivity contribution is -0.149. The third-order valence-corrected chi connectivity index (χ3v) is 7.36. The number of carbonyl (C=O) groups is 4. The second-order valence-corrected chi connectivity index (χ2v) is 12.3. The van der Waals surface area contributed by atoms with Gasteiger partial charge in [0.1, 0.15) is 11.4 Å². The topological polar surface area (TPSA) is 121 Å². The van der Waals surface area contributed by atoms with Gasteiger partial charge in [-0.25, -0.2) is 9.78 Å². The zero-order chi connectivity index (χ0) is 29.8. The number of piperazine rings is 1. The number of pyridine rings is 1. The highest BCUT2D eigenvalue weighted by Crippen LogP contribution is 2.47. The number of rotatable bonds is 4. The van der Waals surface area contributed by atoms with E-state index in [1.807, 2.05) is 55.1 Å². The van der Waals surface area contributed by atoms with Crippen LogP contribution in [0.1, 0.15) is 71.8 Å². The van der Waals surface area contributed by atoms with Crippen LogP contribution in [0.5, 0.6) is 0 Å². The van der Waals surface area contributed by atoms with Crippen molar-refractivity contribution in [1.82, 2.24) is 14.8 Å². The molecule has 2 saturated carbocycles. The van der Waals surface area contributed by atoms with Crippen molar-refractivity contribution < 1.29 is 23.9 Å². The Kier molecular flexibility index (Phi) is 8.99. The maximum absolute atomic E-state index is 12.8. The van der Waals surface area contributed by atoms with Gasteiger partial charge in [-0.1, -0.05) is 43.3 Å². The molecule has 4 amide bonds. The molecule has 2 aliphatic carbocycles. The molecule has 10 heteroatoms. The van der Waals surface area contributed by atoms with Gasteiger partial charge in [-0.15, -0.1) is 0 Å². The molecule has 0 bridgehead atoms. The van der Waals surface area contributed by atoms with Crippen LogP contribution in [0.3, 0.4) is 0 Å². The van der Waals surface area contributed by atoms with E-state index < -0.39 is 23.5 Å². The minimum Gasteiger partial charge on any atom is -0.444 e. The summed E-state index contributed by atoms with van der Waals surface area (Å²) in [5.74, 6) is -0.613. The predicted octanol–water partition coefficient (Wildman–Crippen LogP) is 4.79. The van der Waals surface area contributed by atoms with Gasteiger partial charge >= 0.3 is 17.9 Å². The predicted molar refractivity (Wildman–Crippen MR) is 156 cm³/mol. The number of aromatic nitrogens is 1. The summed E-state index contributed by atoms with van der Waals surface area (Å²) in [4.78, 5) is 58.1. The molecule has 0 radical (unpaired) electrons. The van der Waals surface area contributed by atoms with Gasteiger partial charge in [0.15, 0.2) is 0 Å². The summed E-state index contributed by atoms with van der Waals surface area (Å²) in [5.41, 5.74) is 0.303. The van der Waals surface area contributed by atoms with Gasteiger partial charge < -0.3 is 19.9 Å². The molecule has 1 unspecified atom stereocenters. The summed E-state index contributed by atoms with van der Waals surface area (Å²) in [6.07, 6.45) is 4.55. The molecule has 1 aliphatic heterocycles. The van der Waals surface area contributed by atoms with Crippen LogP contribution in [0.4, 0.5) is 16.3 Å². The molecular weight excluding hydrogens is 522 g/mol. The van der Waals surface area contributed by atoms with Crippen molar-refractivity contribution in [3.8, 4) is 0 Å². The maximum Gasteiger partial charge on any atom is 0.413 e. The third-order valence-electron chi connectivity index (χ3n) is 7.36. The molecule has 2 heterocycles. The quantitative estimate of drug-likeness (QED) is 0.516. The van der Waals surface area contributed by atoms with Crippen LogP contribution in [0.15, 0.2) is 48.7 Å². The molecule has 10 nitrogen and oxygen atoms in total. The van der Waals surface area contributed by atoms with Crippen LogP contribution >= 0.6 is 0 Å². The first-order valence-corrected chi connectivity index (χ1v) is 14.3. The standard InChI is InChI=1S/C25H35N5O5.C6H6/c1-15-14-29(10-11-30(15)22(33)25(5)8-9-25)21(32)20(31)27-17-12-18(16-6-7-16)19(26-13-17)28-23(34)35-24(2,3)4;1-2-4-6-5-3-1/h12-13,15-16H,6-11,14H2,1-5H3,(H,27,31)(H,26,28,34);1-6H. The first kappa shape index (κ1) is 30.0. The highest BCUT2D eigenvalue weighted by molar-refractivity contribution is 6.39. The molecule has 1 aromatic heterocycles. The summed E-state index contributed by atoms with van der Waals surface area (Å²) < 4.78 is 5.31. The molecule has 1 aromatic carbocycles. The van der Waals surface area contributed by atoms with Crippen LogP contribution in [-0.2, 0) is 19.1 Å². The fraction of sp³-hybridized carbons (Fsp3) is 0.516. The van der Waals surface area contributed by atoms with Crippen LogP contribution in [-0.4, -0.2) is 69.9 Å². The van der Waals surface area contributed by atoms with E-state index in [9.17, 15) is 19.2 Å². The number of ether oxygens (including phenoxy) is 1. The SMILES string of the molecule is CC1CN(C(=O)C(=O)Nc2cnc(NC(=O)OC(C)(C)C)c(C3CC3)c2)CCN1C(=O)C1(C)CC1.c1ccccc1. The van der Waals surface area contributed by atoms with Crippen molar-refractivity contribution in [2.45, 2.75) is 77.9 Å². The lowest BCUT2D eigenvalue weighted by Gasteiger charge is -2.40. The summed E-state index contributed by atoms with van der Waals surface area (Å²) in [5, 5.41) is 5.33. The molecule has 0 spiro atoms. The van der Waals surface area contributed by atoms with Crippen LogP contribution in [0, 0.1) is 5.41 Å². The van der Waals surface area contributed by atoms with Crippen molar-refractivity contribution in [2.75, 3.05) is 30.3 Å². The number of hydrogen-bond donors (Lipinski definition) is 2. The lowest BCUT2D eigenvalue weighted by Crippen LogP contribution is -2.58. The molecule has 3 fully saturated rings. The fourth-order valence-corrected chi connectivity index (χ4v) is 4.67. The molecule has 41 heavy (non-hydrogen) atoms. The van der Waals surface area contributed by atoms with E-state index in [1.165, 1.54) is 11.1 Å². The number of nitrogens with one attached hydrogen (secondary N) is 2. The summed E-state index contributed by atoms with van der Waals surface area (Å²) >= 11 is 0. The van der Waals surface area contributed by atoms with Crippen molar-refractivity contribution in [3.05, 3.63) is 54.2 Å². The average Bonchev–Trinajstić information content (AvgIpc) is 3.86. The smallest absolute Gasteiger partial charge is 0.413 e. The highest BCUT2D eigenvalue weighted by Gasteiger charge is 2.49. The largest absolute Gasteiger partial charge is 0.444 e. The molecule has 1 saturated heterocycles. The Morgan fingerprint density at radius 3 is 2.10 bits per heavy atom. The first-order valence-electron chi connectivity index (χ1n) is 14.3. The Labute approximate surface area is 241 Å². The van der Waals surface area contributed by atoms with E-state index in [1.54, 1.807) is 26.8 Å². The van der Waals surface area contributed by atoms with E-state index in [2.05, 4.69) is 15.6 Å². The number of anilines is 2. The van der Waals surface area contributed by atoms with Crippen LogP contribution in [0.25, 0.3) is 0 Å². The minimum absolute atomic E-state index is 0.139. The van der Waals surface area contributed by atoms with Gasteiger partial charge in [-0.3, -0.25) is 19.7 Å². The van der Waals surface area contributed by atoms with Crippen molar-refractivity contribution in [3.63, 3.8) is 0 Å². The Morgan fingerprint density at radius 2 is 1.59 bits per heavy atom. The number of hydrogen-bond acceptors (Lipinski definition) is 6. The monoisotopic (exact) mass is 563 g/mol. The lowest BCUT2D eigenvalue weighted by atomic mass is 10.1. The Bertz CT molecular complexity index is 1240. The van der Waals surface area contributed by atoms with Gasteiger partial charge in [0.25, 0.3) is 0 Å². The number of nitrogens with zero attached hydrogens (tertiary/aromatic N) is 3. The van der Waals surface area contributed by atoms with Gasteiger partial charge in [0, 0.05) is 36.7 Å². The van der Waals surface area contributed by atoms with Gasteiger partial charge in [-0.2, -0.15) is 0 Å². The van der Waals surface area contributed by atoms with Crippen LogP contribution < -0.4 is 10.6 Å². The summed E-state index contributed by atoms with van der Waals surface area (Å²) in [6, 6.07) is 13.6. The van der Waals surface area contributed by atoms with Crippen molar-refractivity contribution in [2.24, 2.45) is 5.41 Å². The molecule has 3 aliphatic rings. The van der Waals surface area contributed by atoms with E-state index >= 15 is 0 Å². The Morgan fingerprint density at radius 1 is 0.976 bits per heavy atom. The molecular formula is C31H41N5O5. The maximum atomic E-state index is 12.8. The molecule has 1 atom stereocenters. The van der Waals surface area contributed by atoms with Crippen molar-refractivity contribution >= 4 is 35.3 Å². The van der Waals surface area contributed by atoms with Crippen LogP contribution in [0.2, 0.25) is 0 Å². The fourth-order valence-electron chi connectivity index (χ4n) is 4.67.